The number of aromatic amines is 1. The third kappa shape index (κ3) is 2.94. The summed E-state index contributed by atoms with van der Waals surface area (Å²) < 4.78 is 5.06. The number of benzene rings is 1. The summed E-state index contributed by atoms with van der Waals surface area (Å²) in [5.41, 5.74) is 1.04. The maximum Gasteiger partial charge on any atom is 0.326 e. The average molecular weight is 383 g/mol. The van der Waals surface area contributed by atoms with Crippen LogP contribution >= 0.6 is 0 Å². The van der Waals surface area contributed by atoms with E-state index in [4.69, 9.17) is 4.74 Å². The van der Waals surface area contributed by atoms with Crippen molar-refractivity contribution in [2.45, 2.75) is 32.2 Å². The number of Topliss-reactive ketones (excluding diaryl/α,β-unsaturated/α-hetero) is 1. The zero-order chi connectivity index (χ0) is 20.1. The lowest BCUT2D eigenvalue weighted by Crippen LogP contribution is -2.46. The number of nitrogens with one attached hydrogen (secondary N) is 2. The Hall–Kier alpha value is -3.16. The summed E-state index contributed by atoms with van der Waals surface area (Å²) in [6, 6.07) is 6.77. The van der Waals surface area contributed by atoms with E-state index in [-0.39, 0.29) is 11.7 Å². The second kappa shape index (κ2) is 6.47. The number of ketones is 1. The quantitative estimate of drug-likeness (QED) is 0.450. The van der Waals surface area contributed by atoms with E-state index in [9.17, 15) is 19.2 Å². The van der Waals surface area contributed by atoms with Gasteiger partial charge in [-0.15, -0.1) is 0 Å². The van der Waals surface area contributed by atoms with Crippen molar-refractivity contribution in [3.05, 3.63) is 35.5 Å². The Balaban J connectivity index is 1.39. The summed E-state index contributed by atoms with van der Waals surface area (Å²) >= 11 is 0. The molecule has 1 aliphatic carbocycles. The monoisotopic (exact) mass is 383 g/mol. The van der Waals surface area contributed by atoms with Gasteiger partial charge in [-0.2, -0.15) is 0 Å². The number of hydrogen-bond acceptors (Lipinski definition) is 5. The first-order valence-corrected chi connectivity index (χ1v) is 9.21. The van der Waals surface area contributed by atoms with Crippen LogP contribution in [0.5, 0.6) is 0 Å². The van der Waals surface area contributed by atoms with Crippen LogP contribution in [0.1, 0.15) is 35.8 Å². The van der Waals surface area contributed by atoms with Crippen molar-refractivity contribution >= 4 is 34.6 Å². The summed E-state index contributed by atoms with van der Waals surface area (Å²) in [5.74, 6) is -1.45. The standard InChI is InChI=1S/C20H21N3O5/c1-11-17(13-5-3-4-6-14(13)21-11)15(24)10-28-16(25)9-23-18(26)20(2,12-7-8-12)22-19(23)27/h3-6,12,21H,7-10H2,1-2H3,(H,22,27). The highest BCUT2D eigenvalue weighted by molar-refractivity contribution is 6.11. The first kappa shape index (κ1) is 18.2. The van der Waals surface area contributed by atoms with Crippen LogP contribution in [0, 0.1) is 12.8 Å². The summed E-state index contributed by atoms with van der Waals surface area (Å²) in [6.07, 6.45) is 1.75. The van der Waals surface area contributed by atoms with E-state index in [0.29, 0.717) is 11.3 Å². The third-order valence-corrected chi connectivity index (χ3v) is 5.52. The van der Waals surface area contributed by atoms with E-state index in [1.54, 1.807) is 13.8 Å². The summed E-state index contributed by atoms with van der Waals surface area (Å²) in [6.45, 7) is 2.50. The molecule has 8 heteroatoms. The number of aromatic nitrogens is 1. The Labute approximate surface area is 161 Å². The molecule has 0 spiro atoms. The van der Waals surface area contributed by atoms with Crippen molar-refractivity contribution in [2.24, 2.45) is 5.92 Å². The molecule has 1 aromatic carbocycles. The Morgan fingerprint density at radius 3 is 2.68 bits per heavy atom. The highest BCUT2D eigenvalue weighted by Crippen LogP contribution is 2.42. The number of aryl methyl sites for hydroxylation is 1. The number of ether oxygens (including phenoxy) is 1. The molecule has 3 amide bonds. The van der Waals surface area contributed by atoms with Crippen molar-refractivity contribution in [1.29, 1.82) is 0 Å². The number of H-pyrrole nitrogens is 1. The second-order valence-electron chi connectivity index (χ2n) is 7.55. The molecule has 0 bridgehead atoms. The van der Waals surface area contributed by atoms with Crippen molar-refractivity contribution < 1.29 is 23.9 Å². The summed E-state index contributed by atoms with van der Waals surface area (Å²) in [5, 5.41) is 3.43. The molecule has 1 aliphatic heterocycles. The Morgan fingerprint density at radius 1 is 1.25 bits per heavy atom. The molecule has 1 saturated carbocycles. The van der Waals surface area contributed by atoms with E-state index in [1.807, 2.05) is 24.3 Å². The zero-order valence-electron chi connectivity index (χ0n) is 15.7. The molecule has 28 heavy (non-hydrogen) atoms. The Kier molecular flexibility index (Phi) is 4.21. The SMILES string of the molecule is Cc1[nH]c2ccccc2c1C(=O)COC(=O)CN1C(=O)NC(C)(C2CC2)C1=O. The zero-order valence-corrected chi connectivity index (χ0v) is 15.7. The molecule has 4 rings (SSSR count). The number of esters is 1. The van der Waals surface area contributed by atoms with Crippen LogP contribution in [0.25, 0.3) is 10.9 Å². The van der Waals surface area contributed by atoms with E-state index in [1.165, 1.54) is 0 Å². The van der Waals surface area contributed by atoms with Crippen molar-refractivity contribution in [3.8, 4) is 0 Å². The molecule has 2 aliphatic rings. The largest absolute Gasteiger partial charge is 0.456 e. The molecule has 1 atom stereocenters. The van der Waals surface area contributed by atoms with Gasteiger partial charge in [-0.05, 0) is 38.7 Å². The van der Waals surface area contributed by atoms with Gasteiger partial charge >= 0.3 is 12.0 Å². The van der Waals surface area contributed by atoms with Gasteiger partial charge in [0, 0.05) is 22.2 Å². The Bertz CT molecular complexity index is 1010. The van der Waals surface area contributed by atoms with E-state index < -0.39 is 36.6 Å². The van der Waals surface area contributed by atoms with Crippen molar-refractivity contribution in [2.75, 3.05) is 13.2 Å². The van der Waals surface area contributed by atoms with Crippen LogP contribution in [0.4, 0.5) is 4.79 Å². The van der Waals surface area contributed by atoms with Gasteiger partial charge in [0.25, 0.3) is 5.91 Å². The fourth-order valence-electron chi connectivity index (χ4n) is 3.83. The number of imide groups is 1. The maximum absolute atomic E-state index is 12.6. The van der Waals surface area contributed by atoms with Crippen molar-refractivity contribution in [1.82, 2.24) is 15.2 Å². The summed E-state index contributed by atoms with van der Waals surface area (Å²) in [4.78, 5) is 53.3. The predicted octanol–water partition coefficient (Wildman–Crippen LogP) is 1.92. The van der Waals surface area contributed by atoms with E-state index >= 15 is 0 Å². The number of amides is 3. The topological polar surface area (TPSA) is 109 Å². The van der Waals surface area contributed by atoms with Crippen molar-refractivity contribution in [3.63, 3.8) is 0 Å². The number of nitrogens with zero attached hydrogens (tertiary/aromatic N) is 1. The van der Waals surface area contributed by atoms with Gasteiger partial charge in [-0.1, -0.05) is 18.2 Å². The van der Waals surface area contributed by atoms with Gasteiger partial charge in [0.05, 0.1) is 0 Å². The van der Waals surface area contributed by atoms with Crippen LogP contribution < -0.4 is 5.32 Å². The summed E-state index contributed by atoms with van der Waals surface area (Å²) in [7, 11) is 0. The average Bonchev–Trinajstić information content (AvgIpc) is 3.42. The van der Waals surface area contributed by atoms with Gasteiger partial charge in [-0.3, -0.25) is 19.3 Å². The molecule has 2 fully saturated rings. The first-order chi connectivity index (χ1) is 13.3. The molecule has 2 aromatic rings. The van der Waals surface area contributed by atoms with Crippen LogP contribution in [-0.4, -0.2) is 52.3 Å². The highest BCUT2D eigenvalue weighted by Gasteiger charge is 2.56. The van der Waals surface area contributed by atoms with E-state index in [0.717, 1.165) is 28.6 Å². The number of para-hydroxylation sites is 1. The van der Waals surface area contributed by atoms with Gasteiger partial charge < -0.3 is 15.0 Å². The smallest absolute Gasteiger partial charge is 0.326 e. The molecule has 8 nitrogen and oxygen atoms in total. The molecule has 2 N–H and O–H groups in total. The minimum absolute atomic E-state index is 0.108. The molecular formula is C20H21N3O5. The molecule has 1 unspecified atom stereocenters. The van der Waals surface area contributed by atoms with Gasteiger partial charge in [-0.25, -0.2) is 4.79 Å². The minimum Gasteiger partial charge on any atom is -0.456 e. The number of hydrogen-bond donors (Lipinski definition) is 2. The van der Waals surface area contributed by atoms with Gasteiger partial charge in [0.2, 0.25) is 5.78 Å². The highest BCUT2D eigenvalue weighted by atomic mass is 16.5. The lowest BCUT2D eigenvalue weighted by molar-refractivity contribution is -0.146. The van der Waals surface area contributed by atoms with Crippen LogP contribution in [0.15, 0.2) is 24.3 Å². The number of fused-ring (bicyclic) bond motifs is 1. The molecule has 2 heterocycles. The fourth-order valence-corrected chi connectivity index (χ4v) is 3.83. The first-order valence-electron chi connectivity index (χ1n) is 9.21. The molecule has 1 saturated heterocycles. The Morgan fingerprint density at radius 2 is 1.96 bits per heavy atom. The normalized spacial score (nSPS) is 21.9. The third-order valence-electron chi connectivity index (χ3n) is 5.52. The number of carbonyl (C=O) groups excluding carboxylic acids is 4. The molecule has 1 aromatic heterocycles. The lowest BCUT2D eigenvalue weighted by atomic mass is 9.96. The van der Waals surface area contributed by atoms with Gasteiger partial charge in [0.15, 0.2) is 6.61 Å². The maximum atomic E-state index is 12.6. The van der Waals surface area contributed by atoms with E-state index in [2.05, 4.69) is 10.3 Å². The lowest BCUT2D eigenvalue weighted by Gasteiger charge is -2.20. The molecule has 146 valence electrons. The number of carbonyl (C=O) groups is 4. The predicted molar refractivity (Wildman–Crippen MR) is 99.7 cm³/mol. The van der Waals surface area contributed by atoms with Crippen LogP contribution in [0.3, 0.4) is 0 Å². The van der Waals surface area contributed by atoms with Gasteiger partial charge in [0.1, 0.15) is 12.1 Å². The fraction of sp³-hybridized carbons (Fsp3) is 0.400. The second-order valence-corrected chi connectivity index (χ2v) is 7.55. The van der Waals surface area contributed by atoms with Crippen LogP contribution in [-0.2, 0) is 14.3 Å². The number of urea groups is 1. The molecule has 0 radical (unpaired) electrons. The number of rotatable bonds is 6. The van der Waals surface area contributed by atoms with Crippen LogP contribution in [0.2, 0.25) is 0 Å². The minimum atomic E-state index is -0.950. The molecular weight excluding hydrogens is 362 g/mol.